The minimum Gasteiger partial charge on any atom is -0.495 e. The molecule has 1 aliphatic rings. The number of hydrogen-bond acceptors (Lipinski definition) is 6. The molecule has 0 bridgehead atoms. The van der Waals surface area contributed by atoms with Gasteiger partial charge in [-0.2, -0.15) is 0 Å². The lowest BCUT2D eigenvalue weighted by atomic mass is 10.1. The fraction of sp³-hybridized carbons (Fsp3) is 0.167. The molecule has 1 aliphatic heterocycles. The van der Waals surface area contributed by atoms with Crippen molar-refractivity contribution in [2.75, 3.05) is 24.7 Å². The minimum absolute atomic E-state index is 0.0234. The molecule has 0 radical (unpaired) electrons. The molecule has 3 N–H and O–H groups in total. The van der Waals surface area contributed by atoms with Crippen LogP contribution in [0.5, 0.6) is 5.75 Å². The van der Waals surface area contributed by atoms with Crippen LogP contribution in [0.3, 0.4) is 0 Å². The van der Waals surface area contributed by atoms with E-state index in [9.17, 15) is 17.6 Å². The number of halogens is 1. The highest BCUT2D eigenvalue weighted by Gasteiger charge is 2.25. The highest BCUT2D eigenvalue weighted by Crippen LogP contribution is 2.28. The van der Waals surface area contributed by atoms with Gasteiger partial charge in [0.2, 0.25) is 0 Å². The lowest BCUT2D eigenvalue weighted by Crippen LogP contribution is -2.40. The number of carbonyl (C=O) groups excluding carboxylic acids is 1. The van der Waals surface area contributed by atoms with Gasteiger partial charge in [-0.15, -0.1) is 0 Å². The molecule has 1 amide bonds. The first-order valence-corrected chi connectivity index (χ1v) is 9.70. The van der Waals surface area contributed by atoms with Crippen molar-refractivity contribution in [2.45, 2.75) is 4.90 Å². The summed E-state index contributed by atoms with van der Waals surface area (Å²) in [6.45, 7) is -0.0467. The summed E-state index contributed by atoms with van der Waals surface area (Å²) in [5.41, 5.74) is 6.30. The van der Waals surface area contributed by atoms with Crippen molar-refractivity contribution in [3.63, 3.8) is 0 Å². The SMILES string of the molecule is COc1ccccc1NCC(=O)NNC1=CCS(=O)(=O)c2ccc(F)cc21. The van der Waals surface area contributed by atoms with Crippen molar-refractivity contribution in [3.05, 3.63) is 59.9 Å². The van der Waals surface area contributed by atoms with E-state index in [1.54, 1.807) is 18.2 Å². The maximum Gasteiger partial charge on any atom is 0.257 e. The van der Waals surface area contributed by atoms with Crippen LogP contribution in [0.25, 0.3) is 5.70 Å². The van der Waals surface area contributed by atoms with E-state index in [2.05, 4.69) is 16.2 Å². The molecule has 2 aromatic carbocycles. The predicted molar refractivity (Wildman–Crippen MR) is 99.2 cm³/mol. The van der Waals surface area contributed by atoms with Crippen molar-refractivity contribution in [1.29, 1.82) is 0 Å². The quantitative estimate of drug-likeness (QED) is 0.512. The molecule has 0 aliphatic carbocycles. The Labute approximate surface area is 156 Å². The number of sulfone groups is 1. The highest BCUT2D eigenvalue weighted by molar-refractivity contribution is 7.91. The normalized spacial score (nSPS) is 14.5. The number of hydrogen-bond donors (Lipinski definition) is 3. The first-order valence-electron chi connectivity index (χ1n) is 8.05. The number of methoxy groups -OCH3 is 1. The third kappa shape index (κ3) is 4.20. The Morgan fingerprint density at radius 1 is 1.22 bits per heavy atom. The van der Waals surface area contributed by atoms with Gasteiger partial charge in [0.15, 0.2) is 9.84 Å². The van der Waals surface area contributed by atoms with Crippen molar-refractivity contribution >= 4 is 27.1 Å². The van der Waals surface area contributed by atoms with Crippen molar-refractivity contribution in [3.8, 4) is 5.75 Å². The molecule has 0 atom stereocenters. The van der Waals surface area contributed by atoms with Gasteiger partial charge < -0.3 is 10.1 Å². The van der Waals surface area contributed by atoms with Gasteiger partial charge in [0.05, 0.1) is 35.7 Å². The molecule has 0 aromatic heterocycles. The Morgan fingerprint density at radius 3 is 2.78 bits per heavy atom. The van der Waals surface area contributed by atoms with Crippen LogP contribution in [0.1, 0.15) is 5.56 Å². The fourth-order valence-electron chi connectivity index (χ4n) is 2.64. The van der Waals surface area contributed by atoms with Crippen LogP contribution >= 0.6 is 0 Å². The van der Waals surface area contributed by atoms with E-state index in [0.717, 1.165) is 12.1 Å². The van der Waals surface area contributed by atoms with Gasteiger partial charge in [0.25, 0.3) is 5.91 Å². The highest BCUT2D eigenvalue weighted by atomic mass is 32.2. The number of nitrogens with one attached hydrogen (secondary N) is 3. The van der Waals surface area contributed by atoms with E-state index < -0.39 is 21.6 Å². The zero-order valence-corrected chi connectivity index (χ0v) is 15.3. The molecule has 9 heteroatoms. The number of anilines is 1. The van der Waals surface area contributed by atoms with Crippen LogP contribution in [-0.4, -0.2) is 33.7 Å². The molecule has 1 heterocycles. The van der Waals surface area contributed by atoms with Crippen LogP contribution in [0, 0.1) is 5.82 Å². The van der Waals surface area contributed by atoms with Crippen LogP contribution in [-0.2, 0) is 14.6 Å². The summed E-state index contributed by atoms with van der Waals surface area (Å²) in [5, 5.41) is 2.94. The third-order valence-electron chi connectivity index (χ3n) is 3.96. The third-order valence-corrected chi connectivity index (χ3v) is 5.59. The average Bonchev–Trinajstić information content (AvgIpc) is 2.65. The smallest absolute Gasteiger partial charge is 0.257 e. The predicted octanol–water partition coefficient (Wildman–Crippen LogP) is 1.70. The van der Waals surface area contributed by atoms with E-state index in [1.165, 1.54) is 19.3 Å². The molecule has 2 aromatic rings. The van der Waals surface area contributed by atoms with Gasteiger partial charge in [-0.05, 0) is 36.4 Å². The Morgan fingerprint density at radius 2 is 2.00 bits per heavy atom. The van der Waals surface area contributed by atoms with Crippen LogP contribution < -0.4 is 20.9 Å². The number of rotatable bonds is 6. The number of benzene rings is 2. The van der Waals surface area contributed by atoms with Crippen LogP contribution in [0.4, 0.5) is 10.1 Å². The van der Waals surface area contributed by atoms with Gasteiger partial charge in [-0.1, -0.05) is 12.1 Å². The van der Waals surface area contributed by atoms with Gasteiger partial charge in [0, 0.05) is 5.56 Å². The lowest BCUT2D eigenvalue weighted by Gasteiger charge is -2.20. The Hall–Kier alpha value is -3.07. The van der Waals surface area contributed by atoms with E-state index >= 15 is 0 Å². The topological polar surface area (TPSA) is 96.5 Å². The molecule has 7 nitrogen and oxygen atoms in total. The molecule has 0 unspecified atom stereocenters. The summed E-state index contributed by atoms with van der Waals surface area (Å²) in [6, 6.07) is 10.6. The average molecular weight is 391 g/mol. The Kier molecular flexibility index (Phi) is 5.31. The van der Waals surface area contributed by atoms with Gasteiger partial charge in [0.1, 0.15) is 11.6 Å². The first kappa shape index (κ1) is 18.7. The maximum atomic E-state index is 13.5. The standard InChI is InChI=1S/C18H18FN3O4S/c1-26-16-5-3-2-4-15(16)20-11-18(23)22-21-14-8-9-27(24,25)17-7-6-12(19)10-13(14)17/h2-8,10,20-21H,9,11H2,1H3,(H,22,23). The summed E-state index contributed by atoms with van der Waals surface area (Å²) in [4.78, 5) is 12.1. The summed E-state index contributed by atoms with van der Waals surface area (Å²) < 4.78 is 42.9. The summed E-state index contributed by atoms with van der Waals surface area (Å²) in [6.07, 6.45) is 1.39. The molecule has 0 saturated carbocycles. The number of amides is 1. The number of fused-ring (bicyclic) bond motifs is 1. The molecule has 0 spiro atoms. The summed E-state index contributed by atoms with van der Waals surface area (Å²) in [5.74, 6) is -0.595. The van der Waals surface area contributed by atoms with E-state index in [0.29, 0.717) is 17.1 Å². The zero-order valence-electron chi connectivity index (χ0n) is 14.5. The Balaban J connectivity index is 1.64. The van der Waals surface area contributed by atoms with Crippen LogP contribution in [0.2, 0.25) is 0 Å². The fourth-order valence-corrected chi connectivity index (χ4v) is 3.99. The molecular weight excluding hydrogens is 373 g/mol. The van der Waals surface area contributed by atoms with Gasteiger partial charge >= 0.3 is 0 Å². The second kappa shape index (κ2) is 7.67. The number of carbonyl (C=O) groups is 1. The second-order valence-electron chi connectivity index (χ2n) is 5.77. The number of hydrazine groups is 1. The van der Waals surface area contributed by atoms with E-state index in [1.807, 2.05) is 6.07 Å². The second-order valence-corrected chi connectivity index (χ2v) is 7.77. The molecule has 0 fully saturated rings. The molecule has 3 rings (SSSR count). The monoisotopic (exact) mass is 391 g/mol. The van der Waals surface area contributed by atoms with E-state index in [4.69, 9.17) is 4.74 Å². The number of ether oxygens (including phenoxy) is 1. The van der Waals surface area contributed by atoms with Crippen LogP contribution in [0.15, 0.2) is 53.4 Å². The first-order chi connectivity index (χ1) is 12.9. The number of para-hydroxylation sites is 2. The Bertz CT molecular complexity index is 1010. The minimum atomic E-state index is -3.51. The molecule has 142 valence electrons. The maximum absolute atomic E-state index is 13.5. The summed E-state index contributed by atoms with van der Waals surface area (Å²) >= 11 is 0. The van der Waals surface area contributed by atoms with E-state index in [-0.39, 0.29) is 22.8 Å². The molecular formula is C18H18FN3O4S. The van der Waals surface area contributed by atoms with Crippen molar-refractivity contribution in [2.24, 2.45) is 0 Å². The largest absolute Gasteiger partial charge is 0.495 e. The molecule has 27 heavy (non-hydrogen) atoms. The lowest BCUT2D eigenvalue weighted by molar-refractivity contribution is -0.120. The molecule has 0 saturated heterocycles. The summed E-state index contributed by atoms with van der Waals surface area (Å²) in [7, 11) is -1.98. The van der Waals surface area contributed by atoms with Crippen molar-refractivity contribution < 1.29 is 22.3 Å². The van der Waals surface area contributed by atoms with Crippen molar-refractivity contribution in [1.82, 2.24) is 10.9 Å². The van der Waals surface area contributed by atoms with Gasteiger partial charge in [-0.3, -0.25) is 15.6 Å². The van der Waals surface area contributed by atoms with Gasteiger partial charge in [-0.25, -0.2) is 12.8 Å². The zero-order chi connectivity index (χ0) is 19.4.